The number of methoxy groups -OCH3 is 1. The number of hydrogen-bond donors (Lipinski definition) is 1. The van der Waals surface area contributed by atoms with Crippen LogP contribution in [-0.4, -0.2) is 12.1 Å². The molecule has 0 radical (unpaired) electrons. The van der Waals surface area contributed by atoms with Crippen molar-refractivity contribution in [2.45, 2.75) is 13.2 Å². The molecule has 2 rings (SSSR count). The summed E-state index contributed by atoms with van der Waals surface area (Å²) in [5.74, 6) is 0.0615. The van der Waals surface area contributed by atoms with Crippen molar-refractivity contribution in [1.29, 1.82) is 0 Å². The maximum absolute atomic E-state index is 12.9. The van der Waals surface area contributed by atoms with Crippen molar-refractivity contribution < 1.29 is 9.13 Å². The number of benzene rings is 1. The Bertz CT molecular complexity index is 499. The summed E-state index contributed by atoms with van der Waals surface area (Å²) in [6.07, 6.45) is 0. The Labute approximate surface area is 106 Å². The summed E-state index contributed by atoms with van der Waals surface area (Å²) in [5, 5.41) is 3.07. The number of nitrogens with one attached hydrogen (secondary N) is 1. The van der Waals surface area contributed by atoms with Gasteiger partial charge < -0.3 is 10.1 Å². The molecule has 18 heavy (non-hydrogen) atoms. The van der Waals surface area contributed by atoms with Crippen molar-refractivity contribution >= 4 is 5.82 Å². The second-order valence-corrected chi connectivity index (χ2v) is 3.95. The first-order chi connectivity index (χ1) is 8.78. The molecule has 2 aromatic rings. The highest BCUT2D eigenvalue weighted by Crippen LogP contribution is 2.09. The van der Waals surface area contributed by atoms with Crippen molar-refractivity contribution in [2.24, 2.45) is 0 Å². The number of pyridine rings is 1. The predicted molar refractivity (Wildman–Crippen MR) is 68.7 cm³/mol. The van der Waals surface area contributed by atoms with Gasteiger partial charge in [-0.3, -0.25) is 0 Å². The lowest BCUT2D eigenvalue weighted by Gasteiger charge is -2.06. The van der Waals surface area contributed by atoms with Crippen LogP contribution < -0.4 is 5.32 Å². The minimum absolute atomic E-state index is 0.476. The highest BCUT2D eigenvalue weighted by Gasteiger charge is 1.98. The lowest BCUT2D eigenvalue weighted by Crippen LogP contribution is -2.02. The van der Waals surface area contributed by atoms with Crippen LogP contribution in [0, 0.1) is 5.95 Å². The van der Waals surface area contributed by atoms with Crippen molar-refractivity contribution in [3.8, 4) is 0 Å². The molecule has 0 spiro atoms. The first kappa shape index (κ1) is 12.5. The van der Waals surface area contributed by atoms with E-state index in [1.54, 1.807) is 19.2 Å². The molecule has 1 aromatic heterocycles. The van der Waals surface area contributed by atoms with E-state index in [0.29, 0.717) is 19.0 Å². The smallest absolute Gasteiger partial charge is 0.214 e. The molecule has 0 aliphatic heterocycles. The molecule has 4 heteroatoms. The summed E-state index contributed by atoms with van der Waals surface area (Å²) in [4.78, 5) is 3.74. The van der Waals surface area contributed by atoms with Gasteiger partial charge in [-0.2, -0.15) is 4.39 Å². The van der Waals surface area contributed by atoms with E-state index >= 15 is 0 Å². The molecule has 0 saturated carbocycles. The standard InChI is InChI=1S/C14H15FN2O/c1-18-10-12-7-5-11(6-8-12)9-16-14-4-2-3-13(15)17-14/h2-8H,9-10H2,1H3,(H,16,17). The Morgan fingerprint density at radius 1 is 1.11 bits per heavy atom. The Balaban J connectivity index is 1.93. The van der Waals surface area contributed by atoms with E-state index in [9.17, 15) is 4.39 Å². The molecule has 1 N–H and O–H groups in total. The molecule has 0 atom stereocenters. The van der Waals surface area contributed by atoms with Crippen LogP contribution in [0.2, 0.25) is 0 Å². The molecule has 0 bridgehead atoms. The highest BCUT2D eigenvalue weighted by molar-refractivity contribution is 5.35. The van der Waals surface area contributed by atoms with E-state index < -0.39 is 5.95 Å². The number of ether oxygens (including phenoxy) is 1. The van der Waals surface area contributed by atoms with Crippen LogP contribution in [0.15, 0.2) is 42.5 Å². The molecule has 1 heterocycles. The number of halogens is 1. The Hall–Kier alpha value is -1.94. The summed E-state index contributed by atoms with van der Waals surface area (Å²) in [7, 11) is 1.67. The molecule has 0 unspecified atom stereocenters. The van der Waals surface area contributed by atoms with Crippen molar-refractivity contribution in [2.75, 3.05) is 12.4 Å². The predicted octanol–water partition coefficient (Wildman–Crippen LogP) is 2.98. The van der Waals surface area contributed by atoms with Gasteiger partial charge in [0.25, 0.3) is 0 Å². The van der Waals surface area contributed by atoms with Gasteiger partial charge in [-0.15, -0.1) is 0 Å². The zero-order valence-corrected chi connectivity index (χ0v) is 10.2. The van der Waals surface area contributed by atoms with Gasteiger partial charge in [0.15, 0.2) is 0 Å². The molecule has 0 fully saturated rings. The maximum Gasteiger partial charge on any atom is 0.214 e. The van der Waals surface area contributed by atoms with Gasteiger partial charge in [0.05, 0.1) is 6.61 Å². The van der Waals surface area contributed by atoms with Gasteiger partial charge in [0, 0.05) is 13.7 Å². The van der Waals surface area contributed by atoms with Crippen molar-refractivity contribution in [1.82, 2.24) is 4.98 Å². The molecule has 3 nitrogen and oxygen atoms in total. The summed E-state index contributed by atoms with van der Waals surface area (Å²) >= 11 is 0. The number of rotatable bonds is 5. The van der Waals surface area contributed by atoms with Crippen LogP contribution in [-0.2, 0) is 17.9 Å². The van der Waals surface area contributed by atoms with Crippen LogP contribution in [0.3, 0.4) is 0 Å². The molecule has 0 saturated heterocycles. The van der Waals surface area contributed by atoms with E-state index in [0.717, 1.165) is 11.1 Å². The van der Waals surface area contributed by atoms with Crippen LogP contribution in [0.1, 0.15) is 11.1 Å². The molecule has 94 valence electrons. The topological polar surface area (TPSA) is 34.1 Å². The van der Waals surface area contributed by atoms with Crippen molar-refractivity contribution in [3.05, 3.63) is 59.5 Å². The van der Waals surface area contributed by atoms with Crippen LogP contribution in [0.5, 0.6) is 0 Å². The third kappa shape index (κ3) is 3.53. The van der Waals surface area contributed by atoms with Gasteiger partial charge in [0.1, 0.15) is 5.82 Å². The Morgan fingerprint density at radius 3 is 2.50 bits per heavy atom. The number of nitrogens with zero attached hydrogens (tertiary/aromatic N) is 1. The van der Waals surface area contributed by atoms with E-state index in [1.807, 2.05) is 24.3 Å². The fraction of sp³-hybridized carbons (Fsp3) is 0.214. The fourth-order valence-corrected chi connectivity index (χ4v) is 1.62. The Morgan fingerprint density at radius 2 is 1.83 bits per heavy atom. The summed E-state index contributed by atoms with van der Waals surface area (Å²) < 4.78 is 17.9. The minimum atomic E-state index is -0.476. The highest BCUT2D eigenvalue weighted by atomic mass is 19.1. The van der Waals surface area contributed by atoms with Gasteiger partial charge in [-0.1, -0.05) is 30.3 Å². The summed E-state index contributed by atoms with van der Waals surface area (Å²) in [6.45, 7) is 1.23. The third-order valence-electron chi connectivity index (χ3n) is 2.52. The van der Waals surface area contributed by atoms with Gasteiger partial charge in [-0.25, -0.2) is 4.98 Å². The average Bonchev–Trinajstić information content (AvgIpc) is 2.38. The van der Waals surface area contributed by atoms with E-state index in [1.165, 1.54) is 6.07 Å². The second-order valence-electron chi connectivity index (χ2n) is 3.95. The normalized spacial score (nSPS) is 10.3. The molecule has 0 aliphatic carbocycles. The molecular formula is C14H15FN2O. The van der Waals surface area contributed by atoms with Crippen molar-refractivity contribution in [3.63, 3.8) is 0 Å². The largest absolute Gasteiger partial charge is 0.380 e. The number of aromatic nitrogens is 1. The fourth-order valence-electron chi connectivity index (χ4n) is 1.62. The first-order valence-corrected chi connectivity index (χ1v) is 5.71. The van der Waals surface area contributed by atoms with E-state index in [4.69, 9.17) is 4.74 Å². The molecule has 1 aromatic carbocycles. The Kier molecular flexibility index (Phi) is 4.25. The second kappa shape index (κ2) is 6.12. The van der Waals surface area contributed by atoms with Gasteiger partial charge in [-0.05, 0) is 23.3 Å². The van der Waals surface area contributed by atoms with Crippen LogP contribution in [0.4, 0.5) is 10.2 Å². The number of hydrogen-bond acceptors (Lipinski definition) is 3. The molecule has 0 aliphatic rings. The lowest BCUT2D eigenvalue weighted by molar-refractivity contribution is 0.185. The number of anilines is 1. The molecular weight excluding hydrogens is 231 g/mol. The minimum Gasteiger partial charge on any atom is -0.380 e. The zero-order chi connectivity index (χ0) is 12.8. The third-order valence-corrected chi connectivity index (χ3v) is 2.52. The first-order valence-electron chi connectivity index (χ1n) is 5.71. The maximum atomic E-state index is 12.9. The monoisotopic (exact) mass is 246 g/mol. The molecule has 0 amide bonds. The lowest BCUT2D eigenvalue weighted by atomic mass is 10.1. The summed E-state index contributed by atoms with van der Waals surface area (Å²) in [6, 6.07) is 12.7. The van der Waals surface area contributed by atoms with Gasteiger partial charge >= 0.3 is 0 Å². The zero-order valence-electron chi connectivity index (χ0n) is 10.2. The van der Waals surface area contributed by atoms with E-state index in [-0.39, 0.29) is 0 Å². The quantitative estimate of drug-likeness (QED) is 0.823. The average molecular weight is 246 g/mol. The SMILES string of the molecule is COCc1ccc(CNc2cccc(F)n2)cc1. The summed E-state index contributed by atoms with van der Waals surface area (Å²) in [5.41, 5.74) is 2.24. The van der Waals surface area contributed by atoms with Crippen LogP contribution in [0.25, 0.3) is 0 Å². The van der Waals surface area contributed by atoms with E-state index in [2.05, 4.69) is 10.3 Å². The van der Waals surface area contributed by atoms with Crippen LogP contribution >= 0.6 is 0 Å². The van der Waals surface area contributed by atoms with Gasteiger partial charge in [0.2, 0.25) is 5.95 Å².